The highest BCUT2D eigenvalue weighted by Crippen LogP contribution is 2.41. The van der Waals surface area contributed by atoms with Crippen molar-refractivity contribution in [2.45, 2.75) is 57.3 Å². The lowest BCUT2D eigenvalue weighted by Gasteiger charge is -2.19. The molecular weight excluding hydrogens is 461 g/mol. The summed E-state index contributed by atoms with van der Waals surface area (Å²) in [5.41, 5.74) is 10.4. The monoisotopic (exact) mass is 490 g/mol. The van der Waals surface area contributed by atoms with Gasteiger partial charge in [-0.05, 0) is 49.6 Å². The maximum atomic E-state index is 13.5. The van der Waals surface area contributed by atoms with E-state index in [0.29, 0.717) is 17.7 Å². The molecule has 1 aliphatic carbocycles. The number of hydrogen-bond acceptors (Lipinski definition) is 3. The highest BCUT2D eigenvalue weighted by Gasteiger charge is 2.32. The Hall–Kier alpha value is -3.45. The average Bonchev–Trinajstić information content (AvgIpc) is 3.52. The second-order valence-electron chi connectivity index (χ2n) is 9.50. The Morgan fingerprint density at radius 3 is 2.44 bits per heavy atom. The molecule has 2 aromatic heterocycles. The number of aryl methyl sites for hydroxylation is 1. The van der Waals surface area contributed by atoms with Gasteiger partial charge in [-0.25, -0.2) is 4.98 Å². The fraction of sp³-hybridized carbons (Fsp3) is 0.310. The van der Waals surface area contributed by atoms with Crippen LogP contribution in [-0.2, 0) is 12.6 Å². The molecule has 4 aromatic rings. The third-order valence-electron chi connectivity index (χ3n) is 6.99. The first-order valence-corrected chi connectivity index (χ1v) is 12.3. The molecule has 2 aromatic carbocycles. The van der Waals surface area contributed by atoms with E-state index >= 15 is 0 Å². The van der Waals surface area contributed by atoms with Crippen molar-refractivity contribution in [3.05, 3.63) is 95.6 Å². The van der Waals surface area contributed by atoms with Gasteiger partial charge >= 0.3 is 6.18 Å². The second kappa shape index (κ2) is 9.90. The van der Waals surface area contributed by atoms with Crippen LogP contribution >= 0.6 is 0 Å². The summed E-state index contributed by atoms with van der Waals surface area (Å²) in [5.74, 6) is 0.809. The van der Waals surface area contributed by atoms with Crippen LogP contribution in [0.2, 0.25) is 0 Å². The zero-order valence-corrected chi connectivity index (χ0v) is 20.2. The lowest BCUT2D eigenvalue weighted by atomic mass is 9.99. The summed E-state index contributed by atoms with van der Waals surface area (Å²) in [6.07, 6.45) is 2.21. The Kier molecular flexibility index (Phi) is 6.67. The molecule has 36 heavy (non-hydrogen) atoms. The van der Waals surface area contributed by atoms with Crippen molar-refractivity contribution in [1.82, 2.24) is 14.5 Å². The fourth-order valence-electron chi connectivity index (χ4n) is 5.25. The van der Waals surface area contributed by atoms with E-state index in [1.807, 2.05) is 49.4 Å². The smallest absolute Gasteiger partial charge is 0.325 e. The second-order valence-corrected chi connectivity index (χ2v) is 9.50. The number of nitrogens with two attached hydrogens (primary N) is 1. The summed E-state index contributed by atoms with van der Waals surface area (Å²) in [5, 5.41) is 0. The number of halogens is 3. The Labute approximate surface area is 209 Å². The number of pyridine rings is 1. The van der Waals surface area contributed by atoms with Crippen LogP contribution in [0, 0.1) is 6.92 Å². The summed E-state index contributed by atoms with van der Waals surface area (Å²) in [6.45, 7) is 1.94. The molecule has 0 amide bonds. The highest BCUT2D eigenvalue weighted by atomic mass is 19.4. The van der Waals surface area contributed by atoms with E-state index < -0.39 is 11.7 Å². The van der Waals surface area contributed by atoms with E-state index in [1.54, 1.807) is 12.3 Å². The van der Waals surface area contributed by atoms with Crippen LogP contribution in [0.1, 0.15) is 60.4 Å². The molecule has 1 aliphatic rings. The van der Waals surface area contributed by atoms with Gasteiger partial charge in [-0.15, -0.1) is 0 Å². The normalized spacial score (nSPS) is 15.4. The molecule has 2 heterocycles. The minimum absolute atomic E-state index is 0.210. The van der Waals surface area contributed by atoms with Gasteiger partial charge < -0.3 is 10.3 Å². The SMILES string of the molecule is Cc1nc(-c2cccc(C(F)(F)F)c2)c(-c2ccnc(C[C@H](N)c3ccccc3)c2)n1C1CCCC1. The molecule has 0 unspecified atom stereocenters. The van der Waals surface area contributed by atoms with Crippen LogP contribution in [0.15, 0.2) is 72.9 Å². The van der Waals surface area contributed by atoms with Gasteiger partial charge in [-0.2, -0.15) is 13.2 Å². The number of imidazole rings is 1. The Bertz CT molecular complexity index is 1340. The maximum absolute atomic E-state index is 13.5. The van der Waals surface area contributed by atoms with Crippen LogP contribution in [0.4, 0.5) is 13.2 Å². The number of rotatable bonds is 6. The Morgan fingerprint density at radius 2 is 1.72 bits per heavy atom. The van der Waals surface area contributed by atoms with E-state index in [-0.39, 0.29) is 12.1 Å². The van der Waals surface area contributed by atoms with E-state index in [1.165, 1.54) is 12.1 Å². The highest BCUT2D eigenvalue weighted by molar-refractivity contribution is 5.79. The molecule has 0 aliphatic heterocycles. The first kappa shape index (κ1) is 24.3. The Morgan fingerprint density at radius 1 is 0.972 bits per heavy atom. The van der Waals surface area contributed by atoms with Crippen LogP contribution in [0.5, 0.6) is 0 Å². The van der Waals surface area contributed by atoms with Gasteiger partial charge in [0.25, 0.3) is 0 Å². The van der Waals surface area contributed by atoms with Crippen LogP contribution in [0.3, 0.4) is 0 Å². The molecule has 0 spiro atoms. The number of benzene rings is 2. The van der Waals surface area contributed by atoms with E-state index in [9.17, 15) is 13.2 Å². The van der Waals surface area contributed by atoms with Gasteiger partial charge in [0.05, 0.1) is 17.0 Å². The zero-order chi connectivity index (χ0) is 25.3. The minimum atomic E-state index is -4.42. The first-order chi connectivity index (χ1) is 17.3. The lowest BCUT2D eigenvalue weighted by molar-refractivity contribution is -0.137. The van der Waals surface area contributed by atoms with Gasteiger partial charge in [-0.3, -0.25) is 4.98 Å². The number of hydrogen-bond donors (Lipinski definition) is 1. The third-order valence-corrected chi connectivity index (χ3v) is 6.99. The van der Waals surface area contributed by atoms with Crippen molar-refractivity contribution in [2.24, 2.45) is 5.73 Å². The molecule has 0 radical (unpaired) electrons. The molecule has 2 N–H and O–H groups in total. The van der Waals surface area contributed by atoms with Gasteiger partial charge in [-0.1, -0.05) is 55.3 Å². The van der Waals surface area contributed by atoms with Gasteiger partial charge in [0.1, 0.15) is 5.82 Å². The number of aromatic nitrogens is 3. The summed E-state index contributed by atoms with van der Waals surface area (Å²) in [4.78, 5) is 9.37. The molecule has 1 saturated carbocycles. The Balaban J connectivity index is 1.60. The van der Waals surface area contributed by atoms with E-state index in [0.717, 1.165) is 60.1 Å². The molecule has 0 bridgehead atoms. The van der Waals surface area contributed by atoms with Gasteiger partial charge in [0.15, 0.2) is 0 Å². The quantitative estimate of drug-likeness (QED) is 0.309. The van der Waals surface area contributed by atoms with Gasteiger partial charge in [0, 0.05) is 41.5 Å². The standard InChI is InChI=1S/C29H29F3N4/c1-19-35-27(21-10-7-11-23(16-21)29(30,31)32)28(36(19)25-12-5-6-13-25)22-14-15-34-24(17-22)18-26(33)20-8-3-2-4-9-20/h2-4,7-11,14-17,25-26H,5-6,12-13,18,33H2,1H3/t26-/m0/s1. The molecule has 7 heteroatoms. The predicted octanol–water partition coefficient (Wildman–Crippen LogP) is 7.30. The van der Waals surface area contributed by atoms with Crippen molar-refractivity contribution < 1.29 is 13.2 Å². The molecular formula is C29H29F3N4. The summed E-state index contributed by atoms with van der Waals surface area (Å²) < 4.78 is 42.7. The molecule has 1 atom stereocenters. The van der Waals surface area contributed by atoms with Crippen LogP contribution in [-0.4, -0.2) is 14.5 Å². The summed E-state index contributed by atoms with van der Waals surface area (Å²) in [6, 6.07) is 19.3. The topological polar surface area (TPSA) is 56.7 Å². The van der Waals surface area contributed by atoms with Crippen molar-refractivity contribution in [2.75, 3.05) is 0 Å². The zero-order valence-electron chi connectivity index (χ0n) is 20.2. The molecule has 186 valence electrons. The van der Waals surface area contributed by atoms with Crippen molar-refractivity contribution in [1.29, 1.82) is 0 Å². The largest absolute Gasteiger partial charge is 0.416 e. The van der Waals surface area contributed by atoms with E-state index in [2.05, 4.69) is 9.55 Å². The van der Waals surface area contributed by atoms with Crippen molar-refractivity contribution in [3.8, 4) is 22.5 Å². The molecule has 0 saturated heterocycles. The first-order valence-electron chi connectivity index (χ1n) is 12.3. The van der Waals surface area contributed by atoms with Crippen molar-refractivity contribution in [3.63, 3.8) is 0 Å². The van der Waals surface area contributed by atoms with Gasteiger partial charge in [0.2, 0.25) is 0 Å². The predicted molar refractivity (Wildman–Crippen MR) is 135 cm³/mol. The third kappa shape index (κ3) is 4.93. The van der Waals surface area contributed by atoms with Crippen LogP contribution in [0.25, 0.3) is 22.5 Å². The number of alkyl halides is 3. The van der Waals surface area contributed by atoms with E-state index in [4.69, 9.17) is 10.7 Å². The maximum Gasteiger partial charge on any atom is 0.416 e. The molecule has 5 rings (SSSR count). The van der Waals surface area contributed by atoms with Crippen LogP contribution < -0.4 is 5.73 Å². The summed E-state index contributed by atoms with van der Waals surface area (Å²) in [7, 11) is 0. The fourth-order valence-corrected chi connectivity index (χ4v) is 5.25. The summed E-state index contributed by atoms with van der Waals surface area (Å²) >= 11 is 0. The number of nitrogens with zero attached hydrogens (tertiary/aromatic N) is 3. The minimum Gasteiger partial charge on any atom is -0.325 e. The molecule has 1 fully saturated rings. The lowest BCUT2D eigenvalue weighted by Crippen LogP contribution is -2.14. The average molecular weight is 491 g/mol. The van der Waals surface area contributed by atoms with Crippen molar-refractivity contribution >= 4 is 0 Å². The molecule has 4 nitrogen and oxygen atoms in total.